The number of anilines is 1. The normalized spacial score (nSPS) is 13.4. The van der Waals surface area contributed by atoms with Gasteiger partial charge in [-0.05, 0) is 26.0 Å². The Bertz CT molecular complexity index is 767. The molecule has 1 aromatic carbocycles. The van der Waals surface area contributed by atoms with Gasteiger partial charge in [0.15, 0.2) is 5.82 Å². The van der Waals surface area contributed by atoms with Crippen molar-refractivity contribution in [3.63, 3.8) is 0 Å². The predicted molar refractivity (Wildman–Crippen MR) is 79.3 cm³/mol. The lowest BCUT2D eigenvalue weighted by Gasteiger charge is -2.15. The number of hydrogen-bond acceptors (Lipinski definition) is 3. The van der Waals surface area contributed by atoms with E-state index in [0.717, 1.165) is 11.3 Å². The molecule has 0 atom stereocenters. The maximum Gasteiger partial charge on any atom is 0.364 e. The summed E-state index contributed by atoms with van der Waals surface area (Å²) in [6, 6.07) is 9.13. The van der Waals surface area contributed by atoms with E-state index in [2.05, 4.69) is 4.98 Å². The Morgan fingerprint density at radius 1 is 1.24 bits per heavy atom. The zero-order valence-electron chi connectivity index (χ0n) is 12.0. The second-order valence-electron chi connectivity index (χ2n) is 5.19. The molecule has 0 fully saturated rings. The average Bonchev–Trinajstić information content (AvgIpc) is 2.94. The van der Waals surface area contributed by atoms with Crippen LogP contribution in [0.3, 0.4) is 0 Å². The largest absolute Gasteiger partial charge is 0.364 e. The van der Waals surface area contributed by atoms with Crippen molar-refractivity contribution in [3.05, 3.63) is 58.3 Å². The average molecular weight is 284 g/mol. The molecule has 6 nitrogen and oxygen atoms in total. The zero-order valence-corrected chi connectivity index (χ0v) is 12.0. The van der Waals surface area contributed by atoms with E-state index in [1.54, 1.807) is 4.90 Å². The molecule has 0 N–H and O–H groups in total. The van der Waals surface area contributed by atoms with E-state index in [4.69, 9.17) is 0 Å². The zero-order chi connectivity index (χ0) is 15.0. The van der Waals surface area contributed by atoms with Gasteiger partial charge in [-0.1, -0.05) is 29.8 Å². The third kappa shape index (κ3) is 2.29. The minimum Gasteiger partial charge on any atom is -0.285 e. The Kier molecular flexibility index (Phi) is 3.21. The number of fused-ring (bicyclic) bond motifs is 1. The monoisotopic (exact) mass is 284 g/mol. The fraction of sp³-hybridized carbons (Fsp3) is 0.267. The number of hydrogen-bond donors (Lipinski definition) is 0. The fourth-order valence-corrected chi connectivity index (χ4v) is 2.32. The highest BCUT2D eigenvalue weighted by molar-refractivity contribution is 5.95. The summed E-state index contributed by atoms with van der Waals surface area (Å²) in [5.74, 6) is 0.482. The van der Waals surface area contributed by atoms with Crippen LogP contribution in [0.25, 0.3) is 0 Å². The van der Waals surface area contributed by atoms with Gasteiger partial charge in [-0.25, -0.2) is 14.3 Å². The number of nitrogens with zero attached hydrogens (tertiary/aromatic N) is 4. The van der Waals surface area contributed by atoms with E-state index in [1.807, 2.05) is 50.3 Å². The van der Waals surface area contributed by atoms with E-state index >= 15 is 0 Å². The highest BCUT2D eigenvalue weighted by atomic mass is 16.2. The van der Waals surface area contributed by atoms with Crippen molar-refractivity contribution in [3.8, 4) is 0 Å². The lowest BCUT2D eigenvalue weighted by molar-refractivity contribution is 0.244. The molecule has 1 amide bonds. The molecular formula is C15H16N4O2. The molecule has 6 heteroatoms. The summed E-state index contributed by atoms with van der Waals surface area (Å²) in [7, 11) is 0. The Labute approximate surface area is 121 Å². The van der Waals surface area contributed by atoms with E-state index in [1.165, 1.54) is 9.36 Å². The summed E-state index contributed by atoms with van der Waals surface area (Å²) >= 11 is 0. The third-order valence-corrected chi connectivity index (χ3v) is 3.38. The molecule has 0 spiro atoms. The first-order valence-corrected chi connectivity index (χ1v) is 6.77. The smallest absolute Gasteiger partial charge is 0.285 e. The highest BCUT2D eigenvalue weighted by Crippen LogP contribution is 2.22. The van der Waals surface area contributed by atoms with Gasteiger partial charge in [-0.3, -0.25) is 4.90 Å². The number of aromatic nitrogens is 3. The van der Waals surface area contributed by atoms with Crippen molar-refractivity contribution < 1.29 is 4.79 Å². The Morgan fingerprint density at radius 2 is 1.95 bits per heavy atom. The maximum atomic E-state index is 12.5. The Morgan fingerprint density at radius 3 is 2.62 bits per heavy atom. The van der Waals surface area contributed by atoms with Gasteiger partial charge in [-0.2, -0.15) is 9.67 Å². The first kappa shape index (κ1) is 13.4. The van der Waals surface area contributed by atoms with Crippen LogP contribution in [0.5, 0.6) is 0 Å². The summed E-state index contributed by atoms with van der Waals surface area (Å²) in [5.41, 5.74) is 1.50. The lowest BCUT2D eigenvalue weighted by Crippen LogP contribution is -2.33. The molecular weight excluding hydrogens is 268 g/mol. The van der Waals surface area contributed by atoms with Crippen LogP contribution >= 0.6 is 0 Å². The Hall–Kier alpha value is -2.63. The van der Waals surface area contributed by atoms with Gasteiger partial charge in [0.2, 0.25) is 0 Å². The molecule has 108 valence electrons. The standard InChI is InChI=1S/C15H16N4O2/c1-11(2)8-9-18-14(20)16-13-10-17(15(21)19(13)18)12-6-4-3-5-7-12/h3-8H,9-10H2,1-2H3. The van der Waals surface area contributed by atoms with Crippen LogP contribution in [0.1, 0.15) is 19.7 Å². The molecule has 1 aliphatic rings. The van der Waals surface area contributed by atoms with Gasteiger partial charge < -0.3 is 0 Å². The summed E-state index contributed by atoms with van der Waals surface area (Å²) in [6.07, 6.45) is 1.90. The second-order valence-corrected chi connectivity index (χ2v) is 5.19. The minimum atomic E-state index is -0.386. The topological polar surface area (TPSA) is 60.1 Å². The molecule has 0 saturated carbocycles. The SMILES string of the molecule is CC(C)=CCn1c(=O)nc2n1C(=O)N(c1ccccc1)C2. The lowest BCUT2D eigenvalue weighted by atomic mass is 10.3. The molecule has 1 aromatic heterocycles. The van der Waals surface area contributed by atoms with E-state index in [-0.39, 0.29) is 11.7 Å². The summed E-state index contributed by atoms with van der Waals surface area (Å²) in [4.78, 5) is 30.0. The number of carbonyl (C=O) groups excluding carboxylic acids is 1. The van der Waals surface area contributed by atoms with Crippen LogP contribution in [0, 0.1) is 0 Å². The number of benzene rings is 1. The molecule has 21 heavy (non-hydrogen) atoms. The molecule has 0 aliphatic carbocycles. The maximum absolute atomic E-state index is 12.5. The van der Waals surface area contributed by atoms with Gasteiger partial charge in [0.05, 0.1) is 13.1 Å². The molecule has 0 unspecified atom stereocenters. The number of carbonyl (C=O) groups is 1. The number of amides is 1. The molecule has 0 saturated heterocycles. The van der Waals surface area contributed by atoms with Crippen molar-refractivity contribution >= 4 is 11.7 Å². The fourth-order valence-electron chi connectivity index (χ4n) is 2.32. The summed E-state index contributed by atoms with van der Waals surface area (Å²) < 4.78 is 2.74. The molecule has 1 aliphatic heterocycles. The minimum absolute atomic E-state index is 0.243. The van der Waals surface area contributed by atoms with Crippen molar-refractivity contribution in [2.75, 3.05) is 4.90 Å². The molecule has 2 aromatic rings. The van der Waals surface area contributed by atoms with Crippen LogP contribution in [0.15, 0.2) is 46.8 Å². The van der Waals surface area contributed by atoms with Crippen molar-refractivity contribution in [1.82, 2.24) is 14.3 Å². The summed E-state index contributed by atoms with van der Waals surface area (Å²) in [6.45, 7) is 4.57. The number of rotatable bonds is 3. The first-order chi connectivity index (χ1) is 10.1. The van der Waals surface area contributed by atoms with E-state index in [9.17, 15) is 9.59 Å². The van der Waals surface area contributed by atoms with Gasteiger partial charge >= 0.3 is 11.7 Å². The van der Waals surface area contributed by atoms with Crippen molar-refractivity contribution in [2.45, 2.75) is 26.9 Å². The predicted octanol–water partition coefficient (Wildman–Crippen LogP) is 2.00. The third-order valence-electron chi connectivity index (χ3n) is 3.38. The number of allylic oxidation sites excluding steroid dienone is 2. The quantitative estimate of drug-likeness (QED) is 0.810. The van der Waals surface area contributed by atoms with Gasteiger partial charge in [-0.15, -0.1) is 0 Å². The van der Waals surface area contributed by atoms with Crippen LogP contribution in [-0.4, -0.2) is 20.4 Å². The van der Waals surface area contributed by atoms with Crippen LogP contribution in [-0.2, 0) is 13.1 Å². The van der Waals surface area contributed by atoms with Gasteiger partial charge in [0, 0.05) is 5.69 Å². The second kappa shape index (κ2) is 5.05. The molecule has 0 radical (unpaired) electrons. The van der Waals surface area contributed by atoms with Gasteiger partial charge in [0.1, 0.15) is 0 Å². The van der Waals surface area contributed by atoms with Crippen LogP contribution < -0.4 is 10.6 Å². The number of para-hydroxylation sites is 1. The van der Waals surface area contributed by atoms with Gasteiger partial charge in [0.25, 0.3) is 0 Å². The van der Waals surface area contributed by atoms with E-state index in [0.29, 0.717) is 18.9 Å². The van der Waals surface area contributed by atoms with Crippen molar-refractivity contribution in [2.24, 2.45) is 0 Å². The first-order valence-electron chi connectivity index (χ1n) is 6.77. The molecule has 3 rings (SSSR count). The molecule has 2 heterocycles. The summed E-state index contributed by atoms with van der Waals surface area (Å²) in [5, 5.41) is 0. The van der Waals surface area contributed by atoms with Crippen LogP contribution in [0.4, 0.5) is 10.5 Å². The Balaban J connectivity index is 1.98. The highest BCUT2D eigenvalue weighted by Gasteiger charge is 2.32. The molecule has 0 bridgehead atoms. The van der Waals surface area contributed by atoms with Crippen molar-refractivity contribution in [1.29, 1.82) is 0 Å². The van der Waals surface area contributed by atoms with E-state index < -0.39 is 0 Å². The van der Waals surface area contributed by atoms with Crippen LogP contribution in [0.2, 0.25) is 0 Å².